The lowest BCUT2D eigenvalue weighted by Crippen LogP contribution is -2.03. The van der Waals surface area contributed by atoms with Crippen molar-refractivity contribution in [3.05, 3.63) is 60.6 Å². The summed E-state index contributed by atoms with van der Waals surface area (Å²) < 4.78 is 10.3. The van der Waals surface area contributed by atoms with E-state index in [0.717, 1.165) is 11.1 Å². The summed E-state index contributed by atoms with van der Waals surface area (Å²) in [4.78, 5) is 19.6. The molecule has 0 unspecified atom stereocenters. The number of carbonyl (C=O) groups is 1. The maximum Gasteiger partial charge on any atom is 0.356 e. The SMILES string of the molecule is COC(=O)c1ccc(-c2cnc(-c3ccccc3)o2)cn1. The van der Waals surface area contributed by atoms with E-state index in [9.17, 15) is 4.79 Å². The molecule has 0 saturated carbocycles. The molecule has 0 aliphatic carbocycles. The van der Waals surface area contributed by atoms with Crippen molar-refractivity contribution in [2.45, 2.75) is 0 Å². The number of carbonyl (C=O) groups excluding carboxylic acids is 1. The van der Waals surface area contributed by atoms with Crippen molar-refractivity contribution in [1.29, 1.82) is 0 Å². The zero-order valence-electron chi connectivity index (χ0n) is 11.3. The third-order valence-corrected chi connectivity index (χ3v) is 2.97. The Morgan fingerprint density at radius 3 is 2.48 bits per heavy atom. The molecular formula is C16H12N2O3. The normalized spacial score (nSPS) is 10.3. The molecule has 104 valence electrons. The fraction of sp³-hybridized carbons (Fsp3) is 0.0625. The second-order valence-electron chi connectivity index (χ2n) is 4.32. The fourth-order valence-corrected chi connectivity index (χ4v) is 1.89. The largest absolute Gasteiger partial charge is 0.464 e. The topological polar surface area (TPSA) is 65.2 Å². The van der Waals surface area contributed by atoms with Crippen molar-refractivity contribution in [2.75, 3.05) is 7.11 Å². The smallest absolute Gasteiger partial charge is 0.356 e. The molecule has 5 nitrogen and oxygen atoms in total. The zero-order valence-corrected chi connectivity index (χ0v) is 11.3. The van der Waals surface area contributed by atoms with Gasteiger partial charge in [-0.25, -0.2) is 14.8 Å². The van der Waals surface area contributed by atoms with E-state index in [4.69, 9.17) is 4.42 Å². The average Bonchev–Trinajstić information content (AvgIpc) is 3.05. The predicted octanol–water partition coefficient (Wildman–Crippen LogP) is 3.19. The van der Waals surface area contributed by atoms with Crippen LogP contribution in [-0.2, 0) is 4.74 Å². The van der Waals surface area contributed by atoms with Crippen molar-refractivity contribution in [3.8, 4) is 22.8 Å². The average molecular weight is 280 g/mol. The maximum absolute atomic E-state index is 11.3. The van der Waals surface area contributed by atoms with E-state index >= 15 is 0 Å². The van der Waals surface area contributed by atoms with E-state index in [2.05, 4.69) is 14.7 Å². The van der Waals surface area contributed by atoms with Gasteiger partial charge in [0.15, 0.2) is 5.76 Å². The lowest BCUT2D eigenvalue weighted by Gasteiger charge is -1.99. The van der Waals surface area contributed by atoms with Crippen LogP contribution in [0.4, 0.5) is 0 Å². The van der Waals surface area contributed by atoms with Gasteiger partial charge in [0, 0.05) is 17.3 Å². The summed E-state index contributed by atoms with van der Waals surface area (Å²) in [5.41, 5.74) is 1.91. The van der Waals surface area contributed by atoms with E-state index in [1.165, 1.54) is 7.11 Å². The maximum atomic E-state index is 11.3. The Balaban J connectivity index is 1.88. The number of pyridine rings is 1. The number of aromatic nitrogens is 2. The van der Waals surface area contributed by atoms with Crippen molar-refractivity contribution < 1.29 is 13.9 Å². The molecule has 3 aromatic rings. The van der Waals surface area contributed by atoms with Crippen LogP contribution in [0.2, 0.25) is 0 Å². The predicted molar refractivity (Wildman–Crippen MR) is 76.5 cm³/mol. The lowest BCUT2D eigenvalue weighted by molar-refractivity contribution is 0.0594. The van der Waals surface area contributed by atoms with Gasteiger partial charge in [0.05, 0.1) is 13.3 Å². The van der Waals surface area contributed by atoms with E-state index in [0.29, 0.717) is 11.7 Å². The summed E-state index contributed by atoms with van der Waals surface area (Å²) in [7, 11) is 1.32. The van der Waals surface area contributed by atoms with Gasteiger partial charge in [0.25, 0.3) is 0 Å². The molecule has 0 bridgehead atoms. The molecule has 0 fully saturated rings. The number of benzene rings is 1. The molecule has 5 heteroatoms. The molecule has 0 saturated heterocycles. The number of hydrogen-bond acceptors (Lipinski definition) is 5. The molecule has 3 rings (SSSR count). The highest BCUT2D eigenvalue weighted by Crippen LogP contribution is 2.25. The van der Waals surface area contributed by atoms with Crippen molar-refractivity contribution in [2.24, 2.45) is 0 Å². The summed E-state index contributed by atoms with van der Waals surface area (Å²) in [6.07, 6.45) is 3.19. The fourth-order valence-electron chi connectivity index (χ4n) is 1.89. The summed E-state index contributed by atoms with van der Waals surface area (Å²) in [6, 6.07) is 13.0. The minimum atomic E-state index is -0.468. The number of ether oxygens (including phenoxy) is 1. The van der Waals surface area contributed by atoms with Gasteiger partial charge in [-0.05, 0) is 24.3 Å². The molecule has 1 aromatic carbocycles. The van der Waals surface area contributed by atoms with Crippen LogP contribution < -0.4 is 0 Å². The molecule has 0 amide bonds. The van der Waals surface area contributed by atoms with E-state index < -0.39 is 5.97 Å². The lowest BCUT2D eigenvalue weighted by atomic mass is 10.2. The Kier molecular flexibility index (Phi) is 3.47. The minimum absolute atomic E-state index is 0.254. The first-order valence-corrected chi connectivity index (χ1v) is 6.34. The van der Waals surface area contributed by atoms with Gasteiger partial charge in [-0.15, -0.1) is 0 Å². The first kappa shape index (κ1) is 13.1. The summed E-state index contributed by atoms with van der Waals surface area (Å²) in [6.45, 7) is 0. The molecule has 0 radical (unpaired) electrons. The highest BCUT2D eigenvalue weighted by Gasteiger charge is 2.11. The van der Waals surface area contributed by atoms with Crippen LogP contribution in [0.3, 0.4) is 0 Å². The first-order chi connectivity index (χ1) is 10.3. The van der Waals surface area contributed by atoms with Gasteiger partial charge < -0.3 is 9.15 Å². The van der Waals surface area contributed by atoms with Gasteiger partial charge in [-0.1, -0.05) is 18.2 Å². The van der Waals surface area contributed by atoms with Gasteiger partial charge in [0.2, 0.25) is 5.89 Å². The Morgan fingerprint density at radius 2 is 1.81 bits per heavy atom. The monoisotopic (exact) mass is 280 g/mol. The molecule has 0 aliphatic heterocycles. The van der Waals surface area contributed by atoms with E-state index in [1.807, 2.05) is 30.3 Å². The molecule has 2 heterocycles. The van der Waals surface area contributed by atoms with Crippen LogP contribution in [0.15, 0.2) is 59.3 Å². The number of esters is 1. The molecule has 0 N–H and O–H groups in total. The Bertz CT molecular complexity index is 749. The molecule has 0 atom stereocenters. The third kappa shape index (κ3) is 2.67. The Labute approximate surface area is 121 Å². The second-order valence-corrected chi connectivity index (χ2v) is 4.32. The van der Waals surface area contributed by atoms with E-state index in [-0.39, 0.29) is 5.69 Å². The number of nitrogens with zero attached hydrogens (tertiary/aromatic N) is 2. The third-order valence-electron chi connectivity index (χ3n) is 2.97. The molecule has 21 heavy (non-hydrogen) atoms. The molecular weight excluding hydrogens is 268 g/mol. The molecule has 2 aromatic heterocycles. The summed E-state index contributed by atoms with van der Waals surface area (Å²) >= 11 is 0. The van der Waals surface area contributed by atoms with Gasteiger partial charge in [-0.2, -0.15) is 0 Å². The van der Waals surface area contributed by atoms with Crippen molar-refractivity contribution >= 4 is 5.97 Å². The number of hydrogen-bond donors (Lipinski definition) is 0. The van der Waals surface area contributed by atoms with Crippen LogP contribution >= 0.6 is 0 Å². The Hall–Kier alpha value is -2.95. The van der Waals surface area contributed by atoms with Crippen LogP contribution in [-0.4, -0.2) is 23.0 Å². The van der Waals surface area contributed by atoms with Crippen LogP contribution in [0.1, 0.15) is 10.5 Å². The molecule has 0 spiro atoms. The van der Waals surface area contributed by atoms with Gasteiger partial charge in [0.1, 0.15) is 5.69 Å². The Morgan fingerprint density at radius 1 is 1.00 bits per heavy atom. The van der Waals surface area contributed by atoms with Crippen LogP contribution in [0, 0.1) is 0 Å². The van der Waals surface area contributed by atoms with E-state index in [1.54, 1.807) is 24.5 Å². The minimum Gasteiger partial charge on any atom is -0.464 e. The number of methoxy groups -OCH3 is 1. The molecule has 0 aliphatic rings. The highest BCUT2D eigenvalue weighted by molar-refractivity contribution is 5.87. The van der Waals surface area contributed by atoms with Gasteiger partial charge >= 0.3 is 5.97 Å². The highest BCUT2D eigenvalue weighted by atomic mass is 16.5. The first-order valence-electron chi connectivity index (χ1n) is 6.34. The van der Waals surface area contributed by atoms with Crippen molar-refractivity contribution in [1.82, 2.24) is 9.97 Å². The van der Waals surface area contributed by atoms with Gasteiger partial charge in [-0.3, -0.25) is 0 Å². The standard InChI is InChI=1S/C16H12N2O3/c1-20-16(19)13-8-7-12(9-17-13)14-10-18-15(21-14)11-5-3-2-4-6-11/h2-10H,1H3. The number of rotatable bonds is 3. The number of oxazole rings is 1. The van der Waals surface area contributed by atoms with Crippen molar-refractivity contribution in [3.63, 3.8) is 0 Å². The second kappa shape index (κ2) is 5.58. The van der Waals surface area contributed by atoms with Crippen LogP contribution in [0.5, 0.6) is 0 Å². The quantitative estimate of drug-likeness (QED) is 0.689. The summed E-state index contributed by atoms with van der Waals surface area (Å²) in [5.74, 6) is 0.671. The van der Waals surface area contributed by atoms with Crippen LogP contribution in [0.25, 0.3) is 22.8 Å². The summed E-state index contributed by atoms with van der Waals surface area (Å²) in [5, 5.41) is 0. The zero-order chi connectivity index (χ0) is 14.7.